The summed E-state index contributed by atoms with van der Waals surface area (Å²) < 4.78 is 391. The van der Waals surface area contributed by atoms with Crippen LogP contribution in [0.4, 0.5) is 36.4 Å². The Bertz CT molecular complexity index is 6520. The highest BCUT2D eigenvalue weighted by Crippen LogP contribution is 2.37. The molecule has 724 valence electrons. The number of aldehydes is 1. The highest BCUT2D eigenvalue weighted by atomic mass is 79.9. The molecule has 0 aliphatic carbocycles. The monoisotopic (exact) mass is 2100 g/mol. The number of aryl methyl sites for hydroxylation is 1. The van der Waals surface area contributed by atoms with E-state index in [1.54, 1.807) is 53.7 Å². The average Bonchev–Trinajstić information content (AvgIpc) is 0.786. The van der Waals surface area contributed by atoms with Gasteiger partial charge in [0.1, 0.15) is 121 Å². The fourth-order valence-electron chi connectivity index (χ4n) is 10.4. The maximum Gasteiger partial charge on any atom is 0.416 e. The summed E-state index contributed by atoms with van der Waals surface area (Å²) in [5, 5.41) is 19.5. The molecule has 0 N–H and O–H groups in total. The molecule has 0 amide bonds. The van der Waals surface area contributed by atoms with Gasteiger partial charge in [-0.1, -0.05) is 155 Å². The molecule has 0 fully saturated rings. The van der Waals surface area contributed by atoms with Crippen molar-refractivity contribution in [2.45, 2.75) is 196 Å². The lowest BCUT2D eigenvalue weighted by Gasteiger charge is -2.17. The Balaban J connectivity index is 0.00000145. The summed E-state index contributed by atoms with van der Waals surface area (Å²) in [7, 11) is -41.0. The molecule has 9 rings (SSSR count). The van der Waals surface area contributed by atoms with Crippen molar-refractivity contribution in [1.29, 1.82) is 5.26 Å². The van der Waals surface area contributed by atoms with Crippen molar-refractivity contribution in [2.24, 2.45) is 0 Å². The largest absolute Gasteiger partial charge is 0.744 e. The van der Waals surface area contributed by atoms with Crippen LogP contribution in [-0.4, -0.2) is 136 Å². The Hall–Kier alpha value is -9.46. The minimum absolute atomic E-state index is 0.0371. The molecule has 131 heavy (non-hydrogen) atoms. The van der Waals surface area contributed by atoms with Crippen molar-refractivity contribution in [3.05, 3.63) is 269 Å². The Labute approximate surface area is 766 Å². The normalized spacial score (nSPS) is 11.8. The molecule has 0 saturated carbocycles. The van der Waals surface area contributed by atoms with Crippen LogP contribution in [-0.2, 0) is 109 Å². The van der Waals surface area contributed by atoms with Gasteiger partial charge in [0.15, 0.2) is 0 Å². The molecule has 0 saturated heterocycles. The summed E-state index contributed by atoms with van der Waals surface area (Å²) in [5.41, 5.74) is 4.20. The molecular formula is C79H81BrF7N2O32S10-9. The van der Waals surface area contributed by atoms with E-state index < -0.39 is 173 Å². The zero-order valence-corrected chi connectivity index (χ0v) is 80.6. The summed E-state index contributed by atoms with van der Waals surface area (Å²) in [6, 6.07) is 32.5. The third kappa shape index (κ3) is 42.1. The van der Waals surface area contributed by atoms with Gasteiger partial charge in [-0.3, -0.25) is 14.9 Å². The third-order valence-electron chi connectivity index (χ3n) is 16.7. The number of halogens is 8. The van der Waals surface area contributed by atoms with Crippen LogP contribution in [0.1, 0.15) is 204 Å². The second-order valence-corrected chi connectivity index (χ2v) is 42.0. The van der Waals surface area contributed by atoms with E-state index in [-0.39, 0.29) is 71.5 Å². The summed E-state index contributed by atoms with van der Waals surface area (Å²) in [6.07, 6.45) is -4.12. The van der Waals surface area contributed by atoms with Crippen LogP contribution < -0.4 is 0 Å². The number of rotatable bonds is 18. The molecule has 9 aromatic carbocycles. The fourth-order valence-corrected chi connectivity index (χ4v) is 15.9. The molecule has 0 heterocycles. The second kappa shape index (κ2) is 51.1. The van der Waals surface area contributed by atoms with Gasteiger partial charge in [0.2, 0.25) is 0 Å². The first-order chi connectivity index (χ1) is 59.3. The minimum Gasteiger partial charge on any atom is -0.744 e. The molecule has 0 spiro atoms. The summed E-state index contributed by atoms with van der Waals surface area (Å²) in [4.78, 5) is 16.2. The van der Waals surface area contributed by atoms with Crippen LogP contribution >= 0.6 is 15.9 Å². The number of hydrogen-bond donors (Lipinski definition) is 0. The van der Waals surface area contributed by atoms with Gasteiger partial charge in [-0.2, -0.15) is 26.9 Å². The van der Waals surface area contributed by atoms with E-state index in [2.05, 4.69) is 15.9 Å². The van der Waals surface area contributed by atoms with E-state index in [9.17, 15) is 162 Å². The number of nitro groups is 1. The lowest BCUT2D eigenvalue weighted by atomic mass is 9.97. The Kier molecular flexibility index (Phi) is 47.4. The highest BCUT2D eigenvalue weighted by Gasteiger charge is 2.35. The zero-order chi connectivity index (χ0) is 103. The van der Waals surface area contributed by atoms with Gasteiger partial charge in [-0.25, -0.2) is 93.3 Å². The molecule has 9 aromatic rings. The number of carbonyl (C=O) groups excluding carboxylic acids is 1. The fraction of sp³-hybridized carbons (Fsp3) is 0.291. The number of hydrogen-bond acceptors (Lipinski definition) is 33. The number of carbonyl (C=O) groups is 1. The average molecular weight is 2100 g/mol. The third-order valence-corrected chi connectivity index (χ3v) is 24.9. The van der Waals surface area contributed by atoms with Gasteiger partial charge < -0.3 is 41.0 Å². The molecule has 0 atom stereocenters. The molecule has 0 unspecified atom stereocenters. The lowest BCUT2D eigenvalue weighted by Crippen LogP contribution is -2.12. The van der Waals surface area contributed by atoms with E-state index in [1.807, 2.05) is 68.4 Å². The van der Waals surface area contributed by atoms with Crippen molar-refractivity contribution in [2.75, 3.05) is 0 Å². The molecule has 52 heteroatoms. The van der Waals surface area contributed by atoms with E-state index in [4.69, 9.17) is 13.7 Å². The smallest absolute Gasteiger partial charge is 0.416 e. The van der Waals surface area contributed by atoms with E-state index in [0.717, 1.165) is 101 Å². The van der Waals surface area contributed by atoms with Gasteiger partial charge in [0.25, 0.3) is 5.69 Å². The number of nitrogens with zero attached hydrogens (tertiary/aromatic N) is 2. The van der Waals surface area contributed by atoms with Crippen LogP contribution in [0.25, 0.3) is 0 Å². The lowest BCUT2D eigenvalue weighted by molar-refractivity contribution is -0.385. The van der Waals surface area contributed by atoms with Crippen molar-refractivity contribution < 1.29 is 166 Å². The topological polar surface area (TPSA) is 633 Å². The van der Waals surface area contributed by atoms with Gasteiger partial charge in [-0.05, 0) is 203 Å². The Morgan fingerprint density at radius 1 is 0.359 bits per heavy atom. The second-order valence-electron chi connectivity index (χ2n) is 28.6. The van der Waals surface area contributed by atoms with E-state index in [1.165, 1.54) is 60.7 Å². The first-order valence-corrected chi connectivity index (χ1v) is 50.5. The van der Waals surface area contributed by atoms with Crippen molar-refractivity contribution >= 4 is 131 Å². The standard InChI is InChI=1S/C10H11F3O3S.C10H11NO3S.C10H12O4S.C10H14O3S.C9H11BrO3S.C9H11FO3S.C9H11NO5S.C6H4F2O3S.C6H5FO3S.O2S/c1-6(2)8-4-3-7(17(14,15)16)5-9(8)10(11,12)13;2*1-7(2)10-4-3-9(15(12,13)14)5-8(10)6-11;1-7(2)10-5-4-9(6-8(10)3)14(11,12)13;2*1-6(2)8-4-3-7(5-9(8)10)14(11,12)13;1-6(2)8-4-3-7(16(13,14)15)5-9(8)10(11)12;7-4-1-2-6(5(8)3-4)12(9,10)11;7-5-1-3-6(4-2-5)11(8,9)10;1-3-2/h3-6H,1-2H3,(H,14,15,16);3-5,7H,1-2H3,(H,12,13,14);3-7H,1-2H3,(H,12,13,14);4-7H,1-3H3,(H,11,12,13);2*3-6H,1-2H3,(H,11,12,13);3-6H,1-2H3,(H,13,14,15);1-3H,(H,9,10,11);1-4H,(H,8,9,10);/p-9. The van der Waals surface area contributed by atoms with Crippen molar-refractivity contribution in [3.8, 4) is 6.07 Å². The molecule has 0 aliphatic rings. The van der Waals surface area contributed by atoms with Crippen LogP contribution in [0.2, 0.25) is 0 Å². The highest BCUT2D eigenvalue weighted by molar-refractivity contribution is 9.10. The number of benzene rings is 9. The molecule has 0 aromatic heterocycles. The molecule has 0 aliphatic heterocycles. The predicted octanol–water partition coefficient (Wildman–Crippen LogP) is 14.7. The molecule has 0 bridgehead atoms. The van der Waals surface area contributed by atoms with Gasteiger partial charge in [0.05, 0.1) is 66.2 Å². The van der Waals surface area contributed by atoms with Gasteiger partial charge in [-0.15, -0.1) is 0 Å². The number of alkyl halides is 3. The Morgan fingerprint density at radius 3 is 0.977 bits per heavy atom. The molecular weight excluding hydrogens is 2020 g/mol. The minimum atomic E-state index is -4.88. The first-order valence-electron chi connectivity index (χ1n) is 36.3. The molecule has 0 radical (unpaired) electrons. The quantitative estimate of drug-likeness (QED) is 0.0253. The zero-order valence-electron chi connectivity index (χ0n) is 70.8. The molecule has 34 nitrogen and oxygen atoms in total. The van der Waals surface area contributed by atoms with Crippen LogP contribution in [0.15, 0.2) is 218 Å². The first kappa shape index (κ1) is 122. The number of nitro benzene ring substituents is 1. The Morgan fingerprint density at radius 2 is 0.656 bits per heavy atom. The van der Waals surface area contributed by atoms with E-state index in [0.29, 0.717) is 52.1 Å². The SMILES string of the molecule is CC(C)c1ccc(S(=O)(=O)[O-])cc1Br.CC(C)c1ccc(S(=O)(=O)[O-])cc1C#N.CC(C)c1ccc(S(=O)(=O)[O-])cc1C(F)(F)F.CC(C)c1ccc(S(=O)(=O)[O-])cc1C=O.CC(C)c1ccc(S(=O)(=O)[O-])cc1F.CC(C)c1ccc(S(=O)(=O)[O-])cc1[N+](=O)[O-].Cc1cc(S(=O)(=O)[O-])ccc1C(C)C.O=S(=O)([O-])c1ccc(F)cc1.O=S(=O)([O-])c1ccc(F)cc1F.O=S=O. The van der Waals surface area contributed by atoms with Crippen LogP contribution in [0, 0.1) is 51.6 Å². The van der Waals surface area contributed by atoms with Crippen LogP contribution in [0.3, 0.4) is 0 Å². The van der Waals surface area contributed by atoms with Gasteiger partial charge >= 0.3 is 17.7 Å². The maximum absolute atomic E-state index is 13.2. The van der Waals surface area contributed by atoms with E-state index >= 15 is 0 Å². The number of nitriles is 1. The maximum atomic E-state index is 13.2. The summed E-state index contributed by atoms with van der Waals surface area (Å²) >= 11 is 2.49. The van der Waals surface area contributed by atoms with Crippen molar-refractivity contribution in [1.82, 2.24) is 0 Å². The van der Waals surface area contributed by atoms with Gasteiger partial charge in [0, 0.05) is 27.7 Å². The van der Waals surface area contributed by atoms with Crippen molar-refractivity contribution in [3.63, 3.8) is 0 Å². The summed E-state index contributed by atoms with van der Waals surface area (Å²) in [5.74, 6) is -3.28. The summed E-state index contributed by atoms with van der Waals surface area (Å²) in [6.45, 7) is 27.5. The van der Waals surface area contributed by atoms with Crippen LogP contribution in [0.5, 0.6) is 0 Å². The predicted molar refractivity (Wildman–Crippen MR) is 451 cm³/mol.